The van der Waals surface area contributed by atoms with Crippen molar-refractivity contribution in [3.05, 3.63) is 53.6 Å². The highest BCUT2D eigenvalue weighted by Gasteiger charge is 2.27. The van der Waals surface area contributed by atoms with E-state index >= 15 is 0 Å². The van der Waals surface area contributed by atoms with E-state index in [1.807, 2.05) is 6.92 Å². The van der Waals surface area contributed by atoms with Crippen LogP contribution in [0.2, 0.25) is 0 Å². The van der Waals surface area contributed by atoms with E-state index in [0.717, 1.165) is 5.56 Å². The number of nitrogens with zero attached hydrogens (tertiary/aromatic N) is 3. The molecule has 0 aliphatic carbocycles. The molecule has 1 amide bonds. The van der Waals surface area contributed by atoms with Crippen LogP contribution in [0, 0.1) is 11.3 Å². The Morgan fingerprint density at radius 2 is 1.97 bits per heavy atom. The number of ether oxygens (including phenoxy) is 1. The third-order valence-electron chi connectivity index (χ3n) is 4.73. The van der Waals surface area contributed by atoms with Crippen molar-refractivity contribution in [3.8, 4) is 11.8 Å². The zero-order valence-corrected chi connectivity index (χ0v) is 17.3. The molecule has 0 fully saturated rings. The number of carbonyl (C=O) groups excluding carboxylic acids is 1. The van der Waals surface area contributed by atoms with Crippen LogP contribution < -0.4 is 13.9 Å². The number of benzene rings is 2. The van der Waals surface area contributed by atoms with Gasteiger partial charge in [0.1, 0.15) is 5.75 Å². The largest absolute Gasteiger partial charge is 0.494 e. The summed E-state index contributed by atoms with van der Waals surface area (Å²) in [6, 6.07) is 14.3. The number of anilines is 2. The van der Waals surface area contributed by atoms with Gasteiger partial charge >= 0.3 is 0 Å². The third-order valence-corrected chi connectivity index (χ3v) is 5.91. The lowest BCUT2D eigenvalue weighted by Crippen LogP contribution is -2.32. The molecular formula is C21H23N3O4S. The summed E-state index contributed by atoms with van der Waals surface area (Å²) in [5.74, 6) is 0.479. The number of rotatable bonds is 7. The van der Waals surface area contributed by atoms with E-state index in [2.05, 4.69) is 6.07 Å². The summed E-state index contributed by atoms with van der Waals surface area (Å²) >= 11 is 0. The van der Waals surface area contributed by atoms with Crippen molar-refractivity contribution in [2.24, 2.45) is 0 Å². The molecule has 1 heterocycles. The van der Waals surface area contributed by atoms with Crippen molar-refractivity contribution in [2.75, 3.05) is 35.2 Å². The lowest BCUT2D eigenvalue weighted by molar-refractivity contribution is 0.0987. The molecule has 3 rings (SSSR count). The van der Waals surface area contributed by atoms with Gasteiger partial charge in [0.2, 0.25) is 10.0 Å². The van der Waals surface area contributed by atoms with Crippen molar-refractivity contribution >= 4 is 27.3 Å². The van der Waals surface area contributed by atoms with Gasteiger partial charge in [-0.05, 0) is 61.4 Å². The SMILES string of the molecule is CCOc1ccc(N(CCC#N)C(=O)c2ccc3c(c2)CCN3S(C)(=O)=O)cc1. The Kier molecular flexibility index (Phi) is 6.09. The third kappa shape index (κ3) is 4.51. The van der Waals surface area contributed by atoms with Gasteiger partial charge in [-0.25, -0.2) is 8.42 Å². The Morgan fingerprint density at radius 3 is 2.59 bits per heavy atom. The maximum absolute atomic E-state index is 13.2. The lowest BCUT2D eigenvalue weighted by atomic mass is 10.1. The normalized spacial score (nSPS) is 12.9. The van der Waals surface area contributed by atoms with E-state index in [9.17, 15) is 13.2 Å². The standard InChI is InChI=1S/C21H23N3O4S/c1-3-28-19-8-6-18(7-9-19)23(13-4-12-22)21(25)17-5-10-20-16(15-17)11-14-24(20)29(2,26)27/h5-10,15H,3-4,11,13-14H2,1-2H3. The van der Waals surface area contributed by atoms with Crippen LogP contribution in [-0.4, -0.2) is 40.3 Å². The lowest BCUT2D eigenvalue weighted by Gasteiger charge is -2.23. The molecule has 8 heteroatoms. The number of sulfonamides is 1. The second-order valence-corrected chi connectivity index (χ2v) is 8.63. The summed E-state index contributed by atoms with van der Waals surface area (Å²) in [7, 11) is -3.34. The molecule has 0 atom stereocenters. The molecule has 2 aromatic rings. The number of hydrogen-bond acceptors (Lipinski definition) is 5. The number of amides is 1. The van der Waals surface area contributed by atoms with Gasteiger partial charge in [-0.15, -0.1) is 0 Å². The molecule has 7 nitrogen and oxygen atoms in total. The van der Waals surface area contributed by atoms with Crippen molar-refractivity contribution < 1.29 is 17.9 Å². The molecule has 0 aromatic heterocycles. The quantitative estimate of drug-likeness (QED) is 0.696. The number of fused-ring (bicyclic) bond motifs is 1. The molecule has 0 radical (unpaired) electrons. The Morgan fingerprint density at radius 1 is 1.24 bits per heavy atom. The van der Waals surface area contributed by atoms with Gasteiger partial charge < -0.3 is 9.64 Å². The first-order valence-corrected chi connectivity index (χ1v) is 11.2. The average molecular weight is 413 g/mol. The second-order valence-electron chi connectivity index (χ2n) is 6.72. The Labute approximate surface area is 171 Å². The van der Waals surface area contributed by atoms with Crippen molar-refractivity contribution in [2.45, 2.75) is 19.8 Å². The molecule has 152 valence electrons. The summed E-state index contributed by atoms with van der Waals surface area (Å²) < 4.78 is 30.6. The summed E-state index contributed by atoms with van der Waals surface area (Å²) in [5.41, 5.74) is 2.58. The maximum atomic E-state index is 13.2. The van der Waals surface area contributed by atoms with E-state index in [1.165, 1.54) is 10.6 Å². The van der Waals surface area contributed by atoms with Gasteiger partial charge in [0.25, 0.3) is 5.91 Å². The fourth-order valence-electron chi connectivity index (χ4n) is 3.40. The fraction of sp³-hybridized carbons (Fsp3) is 0.333. The summed E-state index contributed by atoms with van der Waals surface area (Å²) in [4.78, 5) is 14.8. The van der Waals surface area contributed by atoms with Gasteiger partial charge in [-0.2, -0.15) is 5.26 Å². The minimum absolute atomic E-state index is 0.200. The van der Waals surface area contributed by atoms with Crippen LogP contribution in [-0.2, 0) is 16.4 Å². The van der Waals surface area contributed by atoms with Gasteiger partial charge in [-0.1, -0.05) is 0 Å². The van der Waals surface area contributed by atoms with Crippen molar-refractivity contribution in [3.63, 3.8) is 0 Å². The monoisotopic (exact) mass is 413 g/mol. The molecule has 1 aliphatic heterocycles. The highest BCUT2D eigenvalue weighted by molar-refractivity contribution is 7.92. The topological polar surface area (TPSA) is 90.7 Å². The fourth-order valence-corrected chi connectivity index (χ4v) is 4.36. The molecular weight excluding hydrogens is 390 g/mol. The minimum Gasteiger partial charge on any atom is -0.494 e. The summed E-state index contributed by atoms with van der Waals surface area (Å²) in [6.45, 7) is 3.09. The number of carbonyl (C=O) groups is 1. The van der Waals surface area contributed by atoms with E-state index in [-0.39, 0.29) is 18.9 Å². The van der Waals surface area contributed by atoms with Gasteiger partial charge in [0.15, 0.2) is 0 Å². The molecule has 0 saturated heterocycles. The molecule has 0 spiro atoms. The van der Waals surface area contributed by atoms with Crippen LogP contribution in [0.1, 0.15) is 29.3 Å². The minimum atomic E-state index is -3.34. The Balaban J connectivity index is 1.90. The molecule has 0 saturated carbocycles. The van der Waals surface area contributed by atoms with Gasteiger partial charge in [-0.3, -0.25) is 9.10 Å². The molecule has 29 heavy (non-hydrogen) atoms. The first kappa shape index (κ1) is 20.7. The van der Waals surface area contributed by atoms with Crippen LogP contribution >= 0.6 is 0 Å². The summed E-state index contributed by atoms with van der Waals surface area (Å²) in [6.07, 6.45) is 1.94. The van der Waals surface area contributed by atoms with E-state index < -0.39 is 10.0 Å². The van der Waals surface area contributed by atoms with E-state index in [4.69, 9.17) is 10.00 Å². The molecule has 2 aromatic carbocycles. The smallest absolute Gasteiger partial charge is 0.258 e. The van der Waals surface area contributed by atoms with Gasteiger partial charge in [0.05, 0.1) is 31.0 Å². The van der Waals surface area contributed by atoms with Crippen molar-refractivity contribution in [1.29, 1.82) is 5.26 Å². The summed E-state index contributed by atoms with van der Waals surface area (Å²) in [5, 5.41) is 8.99. The van der Waals surface area contributed by atoms with Gasteiger partial charge in [0, 0.05) is 24.3 Å². The molecule has 0 N–H and O–H groups in total. The second kappa shape index (κ2) is 8.53. The zero-order valence-electron chi connectivity index (χ0n) is 16.5. The van der Waals surface area contributed by atoms with Crippen molar-refractivity contribution in [1.82, 2.24) is 0 Å². The number of hydrogen-bond donors (Lipinski definition) is 0. The first-order valence-electron chi connectivity index (χ1n) is 9.37. The molecule has 1 aliphatic rings. The molecule has 0 bridgehead atoms. The predicted molar refractivity (Wildman–Crippen MR) is 112 cm³/mol. The maximum Gasteiger partial charge on any atom is 0.258 e. The van der Waals surface area contributed by atoms with E-state index in [0.29, 0.717) is 42.3 Å². The average Bonchev–Trinajstić information content (AvgIpc) is 3.13. The molecule has 0 unspecified atom stereocenters. The Bertz CT molecular complexity index is 1040. The van der Waals surface area contributed by atoms with Crippen LogP contribution in [0.25, 0.3) is 0 Å². The zero-order chi connectivity index (χ0) is 21.0. The van der Waals surface area contributed by atoms with Crippen LogP contribution in [0.15, 0.2) is 42.5 Å². The highest BCUT2D eigenvalue weighted by atomic mass is 32.2. The predicted octanol–water partition coefficient (Wildman–Crippen LogP) is 2.97. The number of nitriles is 1. The first-order chi connectivity index (χ1) is 13.8. The highest BCUT2D eigenvalue weighted by Crippen LogP contribution is 2.31. The van der Waals surface area contributed by atoms with Crippen LogP contribution in [0.3, 0.4) is 0 Å². The van der Waals surface area contributed by atoms with Crippen LogP contribution in [0.5, 0.6) is 5.75 Å². The van der Waals surface area contributed by atoms with Crippen LogP contribution in [0.4, 0.5) is 11.4 Å². The van der Waals surface area contributed by atoms with E-state index in [1.54, 1.807) is 47.4 Å². The Hall–Kier alpha value is -3.05.